The maximum atomic E-state index is 11.1. The number of carbonyl (C=O) groups is 1. The summed E-state index contributed by atoms with van der Waals surface area (Å²) in [6.45, 7) is 6.64. The molecule has 150 valence electrons. The molecule has 3 aromatic carbocycles. The number of fused-ring (bicyclic) bond motifs is 1. The number of rotatable bonds is 2. The number of benzene rings is 3. The van der Waals surface area contributed by atoms with E-state index in [1.807, 2.05) is 0 Å². The fraction of sp³-hybridized carbons (Fsp3) is 0.222. The predicted octanol–water partition coefficient (Wildman–Crippen LogP) is 5.93. The molecule has 0 fully saturated rings. The maximum absolute atomic E-state index is 11.1. The Kier molecular flexibility index (Phi) is 5.10. The first-order valence-corrected chi connectivity index (χ1v) is 10.2. The Hall–Kier alpha value is -3.51. The normalized spacial score (nSPS) is 16.9. The second-order valence-corrected chi connectivity index (χ2v) is 8.48. The number of para-hydroxylation sites is 1. The number of aromatic carboxylic acids is 1. The lowest BCUT2D eigenvalue weighted by Crippen LogP contribution is -2.42. The number of carboxylic acid groups (broad SMARTS) is 1. The molecule has 0 radical (unpaired) electrons. The topological polar surface area (TPSA) is 40.5 Å². The molecule has 30 heavy (non-hydrogen) atoms. The average Bonchev–Trinajstić information content (AvgIpc) is 2.73. The molecule has 1 N–H and O–H groups in total. The van der Waals surface area contributed by atoms with Gasteiger partial charge in [-0.05, 0) is 66.8 Å². The van der Waals surface area contributed by atoms with Crippen LogP contribution < -0.4 is 4.90 Å². The van der Waals surface area contributed by atoms with Crippen LogP contribution in [0.5, 0.6) is 0 Å². The highest BCUT2D eigenvalue weighted by atomic mass is 16.4. The lowest BCUT2D eigenvalue weighted by molar-refractivity contribution is 0.0697. The molecule has 0 saturated carbocycles. The third kappa shape index (κ3) is 3.82. The summed E-state index contributed by atoms with van der Waals surface area (Å²) in [6.07, 6.45) is 0.901. The highest BCUT2D eigenvalue weighted by Crippen LogP contribution is 2.45. The van der Waals surface area contributed by atoms with Gasteiger partial charge in [-0.2, -0.15) is 0 Å². The first-order valence-electron chi connectivity index (χ1n) is 10.2. The van der Waals surface area contributed by atoms with E-state index in [1.54, 1.807) is 24.3 Å². The Morgan fingerprint density at radius 1 is 1.00 bits per heavy atom. The van der Waals surface area contributed by atoms with Gasteiger partial charge in [0, 0.05) is 16.9 Å². The van der Waals surface area contributed by atoms with Gasteiger partial charge >= 0.3 is 5.97 Å². The van der Waals surface area contributed by atoms with Gasteiger partial charge in [-0.25, -0.2) is 4.79 Å². The second-order valence-electron chi connectivity index (χ2n) is 8.48. The standard InChI is InChI=1S/C27H25NO2/c1-19-8-15-22(16-9-19)28-23(17-12-20-10-13-21(14-11-20)26(29)30)18-27(2,3)24-6-4-5-7-25(24)28/h4-11,13-16,23H,18H2,1-3H3,(H,29,30). The minimum atomic E-state index is -0.925. The zero-order valence-corrected chi connectivity index (χ0v) is 17.5. The summed E-state index contributed by atoms with van der Waals surface area (Å²) in [4.78, 5) is 13.4. The third-order valence-electron chi connectivity index (χ3n) is 5.74. The Labute approximate surface area is 178 Å². The van der Waals surface area contributed by atoms with Crippen LogP contribution in [0.3, 0.4) is 0 Å². The van der Waals surface area contributed by atoms with Gasteiger partial charge in [0.25, 0.3) is 0 Å². The molecule has 0 aromatic heterocycles. The molecule has 0 saturated heterocycles. The van der Waals surface area contributed by atoms with Crippen molar-refractivity contribution in [2.24, 2.45) is 0 Å². The first-order chi connectivity index (χ1) is 14.3. The van der Waals surface area contributed by atoms with Gasteiger partial charge in [-0.15, -0.1) is 0 Å². The molecule has 1 aliphatic rings. The van der Waals surface area contributed by atoms with E-state index in [0.717, 1.165) is 17.7 Å². The zero-order valence-electron chi connectivity index (χ0n) is 17.5. The van der Waals surface area contributed by atoms with Crippen LogP contribution >= 0.6 is 0 Å². The van der Waals surface area contributed by atoms with Crippen molar-refractivity contribution < 1.29 is 9.90 Å². The molecule has 0 bridgehead atoms. The van der Waals surface area contributed by atoms with Gasteiger partial charge in [0.2, 0.25) is 0 Å². The SMILES string of the molecule is Cc1ccc(N2c3ccccc3C(C)(C)CC2C#Cc2ccc(C(=O)O)cc2)cc1. The van der Waals surface area contributed by atoms with Gasteiger partial charge in [-0.1, -0.05) is 61.6 Å². The molecule has 1 unspecified atom stereocenters. The molecular formula is C27H25NO2. The van der Waals surface area contributed by atoms with Gasteiger partial charge in [-0.3, -0.25) is 0 Å². The zero-order chi connectivity index (χ0) is 21.3. The van der Waals surface area contributed by atoms with Gasteiger partial charge < -0.3 is 10.0 Å². The van der Waals surface area contributed by atoms with Crippen molar-refractivity contribution in [3.63, 3.8) is 0 Å². The Morgan fingerprint density at radius 2 is 1.67 bits per heavy atom. The van der Waals surface area contributed by atoms with E-state index in [9.17, 15) is 4.79 Å². The molecule has 1 atom stereocenters. The van der Waals surface area contributed by atoms with E-state index in [2.05, 4.69) is 86.0 Å². The van der Waals surface area contributed by atoms with Crippen LogP contribution in [0.15, 0.2) is 72.8 Å². The average molecular weight is 396 g/mol. The highest BCUT2D eigenvalue weighted by Gasteiger charge is 2.37. The summed E-state index contributed by atoms with van der Waals surface area (Å²) in [7, 11) is 0. The number of carboxylic acids is 1. The van der Waals surface area contributed by atoms with Crippen molar-refractivity contribution in [3.05, 3.63) is 95.1 Å². The van der Waals surface area contributed by atoms with Crippen LogP contribution in [0.2, 0.25) is 0 Å². The second kappa shape index (κ2) is 7.72. The molecule has 0 amide bonds. The van der Waals surface area contributed by atoms with Crippen LogP contribution in [0.4, 0.5) is 11.4 Å². The summed E-state index contributed by atoms with van der Waals surface area (Å²) in [5.41, 5.74) is 5.97. The van der Waals surface area contributed by atoms with Gasteiger partial charge in [0.15, 0.2) is 0 Å². The number of hydrogen-bond donors (Lipinski definition) is 1. The minimum Gasteiger partial charge on any atom is -0.478 e. The fourth-order valence-electron chi connectivity index (χ4n) is 4.11. The van der Waals surface area contributed by atoms with Crippen LogP contribution in [0.25, 0.3) is 0 Å². The molecular weight excluding hydrogens is 370 g/mol. The maximum Gasteiger partial charge on any atom is 0.335 e. The molecule has 1 aliphatic heterocycles. The molecule has 0 spiro atoms. The molecule has 0 aliphatic carbocycles. The van der Waals surface area contributed by atoms with Crippen LogP contribution in [-0.2, 0) is 5.41 Å². The van der Waals surface area contributed by atoms with Crippen molar-refractivity contribution >= 4 is 17.3 Å². The van der Waals surface area contributed by atoms with E-state index in [-0.39, 0.29) is 17.0 Å². The number of nitrogens with zero attached hydrogens (tertiary/aromatic N) is 1. The molecule has 1 heterocycles. The lowest BCUT2D eigenvalue weighted by atomic mass is 9.74. The van der Waals surface area contributed by atoms with Crippen molar-refractivity contribution in [1.82, 2.24) is 0 Å². The highest BCUT2D eigenvalue weighted by molar-refractivity contribution is 5.87. The predicted molar refractivity (Wildman–Crippen MR) is 121 cm³/mol. The van der Waals surface area contributed by atoms with Crippen molar-refractivity contribution in [2.45, 2.75) is 38.6 Å². The van der Waals surface area contributed by atoms with Crippen molar-refractivity contribution in [1.29, 1.82) is 0 Å². The van der Waals surface area contributed by atoms with Crippen molar-refractivity contribution in [2.75, 3.05) is 4.90 Å². The molecule has 4 rings (SSSR count). The van der Waals surface area contributed by atoms with E-state index in [4.69, 9.17) is 5.11 Å². The van der Waals surface area contributed by atoms with E-state index in [0.29, 0.717) is 0 Å². The summed E-state index contributed by atoms with van der Waals surface area (Å²) in [5.74, 6) is 5.83. The van der Waals surface area contributed by atoms with E-state index in [1.165, 1.54) is 16.8 Å². The summed E-state index contributed by atoms with van der Waals surface area (Å²) in [5, 5.41) is 9.10. The molecule has 3 nitrogen and oxygen atoms in total. The number of anilines is 2. The number of hydrogen-bond acceptors (Lipinski definition) is 2. The van der Waals surface area contributed by atoms with Gasteiger partial charge in [0.05, 0.1) is 11.6 Å². The molecule has 3 heteroatoms. The third-order valence-corrected chi connectivity index (χ3v) is 5.74. The summed E-state index contributed by atoms with van der Waals surface area (Å²) < 4.78 is 0. The summed E-state index contributed by atoms with van der Waals surface area (Å²) >= 11 is 0. The number of aryl methyl sites for hydroxylation is 1. The Balaban J connectivity index is 1.77. The smallest absolute Gasteiger partial charge is 0.335 e. The monoisotopic (exact) mass is 395 g/mol. The Bertz CT molecular complexity index is 1130. The van der Waals surface area contributed by atoms with E-state index >= 15 is 0 Å². The van der Waals surface area contributed by atoms with Crippen molar-refractivity contribution in [3.8, 4) is 11.8 Å². The fourth-order valence-corrected chi connectivity index (χ4v) is 4.11. The molecule has 3 aromatic rings. The van der Waals surface area contributed by atoms with Crippen LogP contribution in [-0.4, -0.2) is 17.1 Å². The minimum absolute atomic E-state index is 0.00427. The van der Waals surface area contributed by atoms with E-state index < -0.39 is 5.97 Å². The largest absolute Gasteiger partial charge is 0.478 e. The van der Waals surface area contributed by atoms with Gasteiger partial charge in [0.1, 0.15) is 0 Å². The lowest BCUT2D eigenvalue weighted by Gasteiger charge is -2.44. The Morgan fingerprint density at radius 3 is 2.33 bits per heavy atom. The quantitative estimate of drug-likeness (QED) is 0.547. The first kappa shape index (κ1) is 19.8. The summed E-state index contributed by atoms with van der Waals surface area (Å²) in [6, 6.07) is 23.9. The van der Waals surface area contributed by atoms with Crippen LogP contribution in [0, 0.1) is 18.8 Å². The van der Waals surface area contributed by atoms with Crippen LogP contribution in [0.1, 0.15) is 47.3 Å².